The van der Waals surface area contributed by atoms with Crippen LogP contribution in [0, 0.1) is 50.2 Å². The van der Waals surface area contributed by atoms with Crippen molar-refractivity contribution in [1.29, 1.82) is 0 Å². The van der Waals surface area contributed by atoms with E-state index in [0.717, 1.165) is 51.2 Å². The Balaban J connectivity index is 1.62. The molecular weight excluding hydrogens is 408 g/mol. The molecule has 0 aliphatic heterocycles. The molecule has 3 heteroatoms. The van der Waals surface area contributed by atoms with Crippen LogP contribution in [0.3, 0.4) is 0 Å². The lowest BCUT2D eigenvalue weighted by Crippen LogP contribution is -2.66. The maximum absolute atomic E-state index is 12.9. The molecule has 0 amide bonds. The molecule has 3 nitrogen and oxygen atoms in total. The molecule has 4 saturated carbocycles. The van der Waals surface area contributed by atoms with Crippen molar-refractivity contribution in [3.63, 3.8) is 0 Å². The van der Waals surface area contributed by atoms with Gasteiger partial charge in [0.05, 0.1) is 11.5 Å². The van der Waals surface area contributed by atoms with E-state index in [-0.39, 0.29) is 33.0 Å². The van der Waals surface area contributed by atoms with Gasteiger partial charge in [0.2, 0.25) is 0 Å². The first-order chi connectivity index (χ1) is 15.2. The number of hydrogen-bond donors (Lipinski definition) is 1. The third kappa shape index (κ3) is 2.78. The molecule has 1 N–H and O–H groups in total. The van der Waals surface area contributed by atoms with Gasteiger partial charge < -0.3 is 9.90 Å². The minimum atomic E-state index is -0.607. The maximum Gasteiger partial charge on any atom is 0.138 e. The number of ketones is 1. The summed E-state index contributed by atoms with van der Waals surface area (Å²) in [6.07, 6.45) is 11.6. The minimum Gasteiger partial charge on any atom is -0.392 e. The zero-order valence-corrected chi connectivity index (χ0v) is 22.1. The molecule has 0 aromatic rings. The third-order valence-corrected chi connectivity index (χ3v) is 12.7. The van der Waals surface area contributed by atoms with E-state index in [4.69, 9.17) is 0 Å². The summed E-state index contributed by atoms with van der Waals surface area (Å²) < 4.78 is 0. The van der Waals surface area contributed by atoms with E-state index in [1.807, 2.05) is 0 Å². The maximum atomic E-state index is 12.9. The standard InChI is InChI=1S/C30H46O3/c1-25(2)14-15-30(18-31)20(16-25)19-8-9-22-27(5)12-11-23(32)26(3,4)21(27)10-13-28(22,6)29(19,7)17-24(30)33/h8,18,20-22,24,33H,9-17H2,1-7H3. The lowest BCUT2D eigenvalue weighted by atomic mass is 9.33. The van der Waals surface area contributed by atoms with Crippen molar-refractivity contribution in [2.75, 3.05) is 0 Å². The van der Waals surface area contributed by atoms with Gasteiger partial charge >= 0.3 is 0 Å². The summed E-state index contributed by atoms with van der Waals surface area (Å²) in [7, 11) is 0. The second-order valence-corrected chi connectivity index (χ2v) is 14.8. The summed E-state index contributed by atoms with van der Waals surface area (Å²) in [6.45, 7) is 16.5. The van der Waals surface area contributed by atoms with Gasteiger partial charge in [-0.2, -0.15) is 0 Å². The summed E-state index contributed by atoms with van der Waals surface area (Å²) >= 11 is 0. The number of aldehydes is 1. The summed E-state index contributed by atoms with van der Waals surface area (Å²) in [5.41, 5.74) is 0.960. The molecule has 33 heavy (non-hydrogen) atoms. The molecular formula is C30H46O3. The minimum absolute atomic E-state index is 0.0798. The second kappa shape index (κ2) is 6.83. The number of carbonyl (C=O) groups excluding carboxylic acids is 2. The monoisotopic (exact) mass is 454 g/mol. The Morgan fingerprint density at radius 2 is 1.64 bits per heavy atom. The van der Waals surface area contributed by atoms with E-state index in [9.17, 15) is 14.7 Å². The number of carbonyl (C=O) groups is 2. The van der Waals surface area contributed by atoms with Crippen molar-refractivity contribution in [3.8, 4) is 0 Å². The topological polar surface area (TPSA) is 54.4 Å². The van der Waals surface area contributed by atoms with Crippen LogP contribution in [-0.2, 0) is 9.59 Å². The number of fused-ring (bicyclic) bond motifs is 7. The number of aliphatic hydroxyl groups is 1. The first kappa shape index (κ1) is 23.8. The highest BCUT2D eigenvalue weighted by atomic mass is 16.3. The van der Waals surface area contributed by atoms with Crippen LogP contribution in [0.5, 0.6) is 0 Å². The first-order valence-corrected chi connectivity index (χ1v) is 13.6. The van der Waals surface area contributed by atoms with E-state index in [0.29, 0.717) is 30.5 Å². The zero-order chi connectivity index (χ0) is 24.2. The lowest BCUT2D eigenvalue weighted by molar-refractivity contribution is -0.197. The van der Waals surface area contributed by atoms with E-state index < -0.39 is 11.5 Å². The van der Waals surface area contributed by atoms with Crippen molar-refractivity contribution >= 4 is 12.1 Å². The fourth-order valence-electron chi connectivity index (χ4n) is 10.4. The summed E-state index contributed by atoms with van der Waals surface area (Å²) in [5.74, 6) is 1.54. The Bertz CT molecular complexity index is 914. The van der Waals surface area contributed by atoms with Crippen LogP contribution in [-0.4, -0.2) is 23.3 Å². The van der Waals surface area contributed by atoms with Gasteiger partial charge in [-0.3, -0.25) is 4.79 Å². The van der Waals surface area contributed by atoms with E-state index >= 15 is 0 Å². The highest BCUT2D eigenvalue weighted by Crippen LogP contribution is 2.75. The second-order valence-electron chi connectivity index (χ2n) is 14.8. The first-order valence-electron chi connectivity index (χ1n) is 13.6. The van der Waals surface area contributed by atoms with Crippen molar-refractivity contribution in [3.05, 3.63) is 11.6 Å². The number of aliphatic hydroxyl groups excluding tert-OH is 1. The number of allylic oxidation sites excluding steroid dienone is 2. The average molecular weight is 455 g/mol. The Kier molecular flexibility index (Phi) is 4.92. The molecule has 184 valence electrons. The largest absolute Gasteiger partial charge is 0.392 e. The fraction of sp³-hybridized carbons (Fsp3) is 0.867. The van der Waals surface area contributed by atoms with Gasteiger partial charge in [0, 0.05) is 11.8 Å². The molecule has 8 unspecified atom stereocenters. The Morgan fingerprint density at radius 1 is 0.939 bits per heavy atom. The van der Waals surface area contributed by atoms with Crippen LogP contribution in [0.25, 0.3) is 0 Å². The molecule has 5 aliphatic carbocycles. The highest BCUT2D eigenvalue weighted by molar-refractivity contribution is 5.85. The number of rotatable bonds is 1. The molecule has 5 aliphatic rings. The molecule has 8 atom stereocenters. The van der Waals surface area contributed by atoms with E-state index in [2.05, 4.69) is 54.5 Å². The smallest absolute Gasteiger partial charge is 0.138 e. The predicted molar refractivity (Wildman–Crippen MR) is 131 cm³/mol. The third-order valence-electron chi connectivity index (χ3n) is 12.7. The van der Waals surface area contributed by atoms with Gasteiger partial charge in [-0.05, 0) is 90.8 Å². The lowest BCUT2D eigenvalue weighted by Gasteiger charge is -2.71. The normalized spacial score (nSPS) is 52.5. The molecule has 0 bridgehead atoms. The average Bonchev–Trinajstić information content (AvgIpc) is 2.71. The van der Waals surface area contributed by atoms with E-state index in [1.54, 1.807) is 0 Å². The molecule has 0 radical (unpaired) electrons. The van der Waals surface area contributed by atoms with Crippen LogP contribution in [0.4, 0.5) is 0 Å². The molecule has 0 aromatic heterocycles. The van der Waals surface area contributed by atoms with Gasteiger partial charge in [-0.15, -0.1) is 0 Å². The van der Waals surface area contributed by atoms with Crippen molar-refractivity contribution in [1.82, 2.24) is 0 Å². The van der Waals surface area contributed by atoms with E-state index in [1.165, 1.54) is 5.57 Å². The Hall–Kier alpha value is -0.960. The Labute approximate surface area is 201 Å². The molecule has 0 heterocycles. The van der Waals surface area contributed by atoms with Gasteiger partial charge in [0.25, 0.3) is 0 Å². The molecule has 0 saturated heterocycles. The van der Waals surface area contributed by atoms with Crippen molar-refractivity contribution in [2.24, 2.45) is 50.2 Å². The highest BCUT2D eigenvalue weighted by Gasteiger charge is 2.69. The summed E-state index contributed by atoms with van der Waals surface area (Å²) in [6, 6.07) is 0. The van der Waals surface area contributed by atoms with Crippen LogP contribution in [0.15, 0.2) is 11.6 Å². The summed E-state index contributed by atoms with van der Waals surface area (Å²) in [4.78, 5) is 25.5. The molecule has 0 aromatic carbocycles. The van der Waals surface area contributed by atoms with Gasteiger partial charge in [-0.1, -0.05) is 60.1 Å². The molecule has 5 rings (SSSR count). The van der Waals surface area contributed by atoms with Crippen LogP contribution < -0.4 is 0 Å². The van der Waals surface area contributed by atoms with Gasteiger partial charge in [0.15, 0.2) is 0 Å². The van der Waals surface area contributed by atoms with Crippen molar-refractivity contribution in [2.45, 2.75) is 112 Å². The van der Waals surface area contributed by atoms with Crippen LogP contribution in [0.1, 0.15) is 106 Å². The molecule has 4 fully saturated rings. The van der Waals surface area contributed by atoms with Gasteiger partial charge in [-0.25, -0.2) is 0 Å². The SMILES string of the molecule is CC1(C)CCC2(C=O)C(O)CC3(C)C(=CCC4C5(C)CCC(=O)C(C)(C)C5CCC43C)C2C1. The zero-order valence-electron chi connectivity index (χ0n) is 22.1. The quantitative estimate of drug-likeness (QED) is 0.362. The van der Waals surface area contributed by atoms with Crippen molar-refractivity contribution < 1.29 is 14.7 Å². The van der Waals surface area contributed by atoms with Crippen LogP contribution >= 0.6 is 0 Å². The summed E-state index contributed by atoms with van der Waals surface area (Å²) in [5, 5.41) is 11.6. The number of Topliss-reactive ketones (excluding diaryl/α,β-unsaturated/α-hetero) is 1. The molecule has 0 spiro atoms. The van der Waals surface area contributed by atoms with Crippen LogP contribution in [0.2, 0.25) is 0 Å². The number of hydrogen-bond acceptors (Lipinski definition) is 3. The Morgan fingerprint density at radius 3 is 2.30 bits per heavy atom. The predicted octanol–water partition coefficient (Wildman–Crippen LogP) is 6.53. The van der Waals surface area contributed by atoms with Gasteiger partial charge in [0.1, 0.15) is 12.1 Å². The fourth-order valence-corrected chi connectivity index (χ4v) is 10.4.